The van der Waals surface area contributed by atoms with E-state index in [4.69, 9.17) is 5.11 Å². The lowest BCUT2D eigenvalue weighted by molar-refractivity contribution is -0.139. The van der Waals surface area contributed by atoms with Gasteiger partial charge in [-0.1, -0.05) is 25.5 Å². The van der Waals surface area contributed by atoms with E-state index < -0.39 is 24.6 Å². The average Bonchev–Trinajstić information content (AvgIpc) is 2.36. The molecule has 1 unspecified atom stereocenters. The van der Waals surface area contributed by atoms with E-state index in [9.17, 15) is 14.0 Å². The first-order valence-corrected chi connectivity index (χ1v) is 5.77. The molecule has 4 nitrogen and oxygen atoms in total. The van der Waals surface area contributed by atoms with Crippen LogP contribution >= 0.6 is 0 Å². The van der Waals surface area contributed by atoms with Crippen LogP contribution in [0, 0.1) is 0 Å². The Morgan fingerprint density at radius 3 is 2.39 bits per heavy atom. The summed E-state index contributed by atoms with van der Waals surface area (Å²) in [6.07, 6.45) is 1.93. The van der Waals surface area contributed by atoms with Crippen molar-refractivity contribution in [2.45, 2.75) is 25.8 Å². The highest BCUT2D eigenvalue weighted by atomic mass is 19.1. The van der Waals surface area contributed by atoms with Crippen LogP contribution in [0.1, 0.15) is 29.3 Å². The lowest BCUT2D eigenvalue weighted by Crippen LogP contribution is -2.42. The number of hydrogen-bond donors (Lipinski definition) is 2. The molecule has 0 aliphatic carbocycles. The number of aryl methyl sites for hydroxylation is 1. The molecule has 2 N–H and O–H groups in total. The zero-order valence-corrected chi connectivity index (χ0v) is 10.1. The molecule has 0 saturated heterocycles. The third-order valence-corrected chi connectivity index (χ3v) is 2.51. The highest BCUT2D eigenvalue weighted by Gasteiger charge is 2.20. The normalized spacial score (nSPS) is 11.9. The van der Waals surface area contributed by atoms with Crippen LogP contribution in [0.4, 0.5) is 4.39 Å². The lowest BCUT2D eigenvalue weighted by Gasteiger charge is -2.10. The maximum absolute atomic E-state index is 12.4. The summed E-state index contributed by atoms with van der Waals surface area (Å²) in [5.41, 5.74) is 1.43. The number of nitrogens with one attached hydrogen (secondary N) is 1. The van der Waals surface area contributed by atoms with Gasteiger partial charge in [0.05, 0.1) is 0 Å². The monoisotopic (exact) mass is 253 g/mol. The van der Waals surface area contributed by atoms with Crippen LogP contribution < -0.4 is 5.32 Å². The smallest absolute Gasteiger partial charge is 0.328 e. The number of halogens is 1. The van der Waals surface area contributed by atoms with Crippen LogP contribution in [-0.2, 0) is 11.2 Å². The molecule has 0 aliphatic rings. The highest BCUT2D eigenvalue weighted by molar-refractivity contribution is 5.96. The number of carbonyl (C=O) groups excluding carboxylic acids is 1. The minimum absolute atomic E-state index is 0.328. The van der Waals surface area contributed by atoms with Crippen LogP contribution in [0.2, 0.25) is 0 Å². The Morgan fingerprint density at radius 2 is 1.94 bits per heavy atom. The number of carbonyl (C=O) groups is 2. The van der Waals surface area contributed by atoms with Gasteiger partial charge in [-0.3, -0.25) is 4.79 Å². The number of benzene rings is 1. The van der Waals surface area contributed by atoms with E-state index in [0.29, 0.717) is 5.56 Å². The minimum Gasteiger partial charge on any atom is -0.480 e. The molecule has 1 rings (SSSR count). The highest BCUT2D eigenvalue weighted by Crippen LogP contribution is 2.07. The fourth-order valence-electron chi connectivity index (χ4n) is 1.52. The average molecular weight is 253 g/mol. The first kappa shape index (κ1) is 14.2. The van der Waals surface area contributed by atoms with Gasteiger partial charge in [0.1, 0.15) is 6.67 Å². The van der Waals surface area contributed by atoms with Gasteiger partial charge in [-0.15, -0.1) is 0 Å². The Hall–Kier alpha value is -1.91. The second-order valence-corrected chi connectivity index (χ2v) is 3.97. The van der Waals surface area contributed by atoms with Crippen LogP contribution in [0.3, 0.4) is 0 Å². The van der Waals surface area contributed by atoms with Gasteiger partial charge in [0, 0.05) is 5.56 Å². The molecule has 0 radical (unpaired) electrons. The number of amides is 1. The molecule has 1 aromatic rings. The summed E-state index contributed by atoms with van der Waals surface area (Å²) in [6, 6.07) is 5.34. The van der Waals surface area contributed by atoms with E-state index in [1.165, 1.54) is 0 Å². The Kier molecular flexibility index (Phi) is 5.30. The molecule has 0 saturated carbocycles. The summed E-state index contributed by atoms with van der Waals surface area (Å²) >= 11 is 0. The van der Waals surface area contributed by atoms with Crippen molar-refractivity contribution >= 4 is 11.9 Å². The van der Waals surface area contributed by atoms with E-state index >= 15 is 0 Å². The number of rotatable bonds is 6. The zero-order chi connectivity index (χ0) is 13.5. The number of hydrogen-bond acceptors (Lipinski definition) is 2. The topological polar surface area (TPSA) is 66.4 Å². The molecule has 0 spiro atoms. The Balaban J connectivity index is 2.69. The van der Waals surface area contributed by atoms with E-state index in [-0.39, 0.29) is 0 Å². The zero-order valence-electron chi connectivity index (χ0n) is 10.1. The van der Waals surface area contributed by atoms with Gasteiger partial charge in [-0.2, -0.15) is 0 Å². The van der Waals surface area contributed by atoms with Gasteiger partial charge >= 0.3 is 5.97 Å². The van der Waals surface area contributed by atoms with Crippen LogP contribution in [0.25, 0.3) is 0 Å². The predicted molar refractivity (Wildman–Crippen MR) is 65.3 cm³/mol. The molecule has 1 amide bonds. The molecule has 18 heavy (non-hydrogen) atoms. The van der Waals surface area contributed by atoms with Crippen LogP contribution in [-0.4, -0.2) is 29.7 Å². The summed E-state index contributed by atoms with van der Waals surface area (Å²) in [4.78, 5) is 22.2. The summed E-state index contributed by atoms with van der Waals surface area (Å²) in [5, 5.41) is 10.7. The molecule has 1 atom stereocenters. The second kappa shape index (κ2) is 6.74. The van der Waals surface area contributed by atoms with Gasteiger partial charge in [0.25, 0.3) is 5.91 Å². The van der Waals surface area contributed by atoms with Crippen molar-refractivity contribution in [1.29, 1.82) is 0 Å². The number of carboxylic acids is 1. The summed E-state index contributed by atoms with van der Waals surface area (Å²) in [6.45, 7) is 0.925. The van der Waals surface area contributed by atoms with Gasteiger partial charge in [-0.25, -0.2) is 9.18 Å². The first-order valence-electron chi connectivity index (χ1n) is 5.77. The number of carboxylic acid groups (broad SMARTS) is 1. The van der Waals surface area contributed by atoms with E-state index in [1.807, 2.05) is 12.1 Å². The molecule has 0 bridgehead atoms. The molecule has 0 heterocycles. The maximum atomic E-state index is 12.4. The van der Waals surface area contributed by atoms with Crippen molar-refractivity contribution in [2.75, 3.05) is 6.67 Å². The van der Waals surface area contributed by atoms with Crippen molar-refractivity contribution in [2.24, 2.45) is 0 Å². The van der Waals surface area contributed by atoms with E-state index in [1.54, 1.807) is 12.1 Å². The molecule has 5 heteroatoms. The molecule has 1 aromatic carbocycles. The van der Waals surface area contributed by atoms with Gasteiger partial charge in [0.15, 0.2) is 6.04 Å². The number of aliphatic carboxylic acids is 1. The van der Waals surface area contributed by atoms with Crippen LogP contribution in [0.5, 0.6) is 0 Å². The number of alkyl halides is 1. The molecular weight excluding hydrogens is 237 g/mol. The van der Waals surface area contributed by atoms with Crippen LogP contribution in [0.15, 0.2) is 24.3 Å². The first-order chi connectivity index (χ1) is 8.58. The molecule has 0 aliphatic heterocycles. The minimum atomic E-state index is -1.49. The molecule has 98 valence electrons. The summed E-state index contributed by atoms with van der Waals surface area (Å²) in [5.74, 6) is -1.96. The van der Waals surface area contributed by atoms with Crippen molar-refractivity contribution < 1.29 is 19.1 Å². The maximum Gasteiger partial charge on any atom is 0.328 e. The lowest BCUT2D eigenvalue weighted by atomic mass is 10.1. The largest absolute Gasteiger partial charge is 0.480 e. The second-order valence-electron chi connectivity index (χ2n) is 3.97. The standard InChI is InChI=1S/C13H16FNO3/c1-2-3-9-4-6-10(7-5-9)12(16)15-11(8-14)13(17)18/h4-7,11H,2-3,8H2,1H3,(H,15,16)(H,17,18). The Morgan fingerprint density at radius 1 is 1.33 bits per heavy atom. The SMILES string of the molecule is CCCc1ccc(C(=O)NC(CF)C(=O)O)cc1. The van der Waals surface area contributed by atoms with Gasteiger partial charge in [0.2, 0.25) is 0 Å². The fraction of sp³-hybridized carbons (Fsp3) is 0.385. The Bertz CT molecular complexity index is 417. The summed E-state index contributed by atoms with van der Waals surface area (Å²) < 4.78 is 12.4. The van der Waals surface area contributed by atoms with Crippen molar-refractivity contribution in [3.63, 3.8) is 0 Å². The summed E-state index contributed by atoms with van der Waals surface area (Å²) in [7, 11) is 0. The molecule has 0 aromatic heterocycles. The fourth-order valence-corrected chi connectivity index (χ4v) is 1.52. The Labute approximate surface area is 105 Å². The van der Waals surface area contributed by atoms with Crippen molar-refractivity contribution in [3.05, 3.63) is 35.4 Å². The third kappa shape index (κ3) is 3.84. The van der Waals surface area contributed by atoms with E-state index in [0.717, 1.165) is 18.4 Å². The molecular formula is C13H16FNO3. The third-order valence-electron chi connectivity index (χ3n) is 2.51. The molecule has 0 fully saturated rings. The predicted octanol–water partition coefficient (Wildman–Crippen LogP) is 1.79. The van der Waals surface area contributed by atoms with E-state index in [2.05, 4.69) is 12.2 Å². The van der Waals surface area contributed by atoms with Gasteiger partial charge in [-0.05, 0) is 24.1 Å². The quantitative estimate of drug-likeness (QED) is 0.812. The van der Waals surface area contributed by atoms with Crippen molar-refractivity contribution in [1.82, 2.24) is 5.32 Å². The van der Waals surface area contributed by atoms with Gasteiger partial charge < -0.3 is 10.4 Å². The van der Waals surface area contributed by atoms with Crippen molar-refractivity contribution in [3.8, 4) is 0 Å².